The molecular formula is C18H17ClN4O4S2. The summed E-state index contributed by atoms with van der Waals surface area (Å²) in [6.45, 7) is 0.309. The number of anilines is 1. The van der Waals surface area contributed by atoms with Crippen LogP contribution in [0.4, 0.5) is 5.13 Å². The smallest absolute Gasteiger partial charge is 0.263 e. The molecule has 11 heteroatoms. The zero-order valence-corrected chi connectivity index (χ0v) is 17.6. The van der Waals surface area contributed by atoms with Gasteiger partial charge in [0.25, 0.3) is 15.9 Å². The van der Waals surface area contributed by atoms with Gasteiger partial charge >= 0.3 is 0 Å². The van der Waals surface area contributed by atoms with Crippen LogP contribution in [0.15, 0.2) is 53.4 Å². The Kier molecular flexibility index (Phi) is 6.68. The average Bonchev–Trinajstić information content (AvgIpc) is 3.14. The molecule has 0 aliphatic carbocycles. The summed E-state index contributed by atoms with van der Waals surface area (Å²) in [6.07, 6.45) is 0.401. The Morgan fingerprint density at radius 2 is 1.86 bits per heavy atom. The summed E-state index contributed by atoms with van der Waals surface area (Å²) < 4.78 is 32.3. The number of hydrogen-bond donors (Lipinski definition) is 2. The van der Waals surface area contributed by atoms with Crippen molar-refractivity contribution in [2.75, 3.05) is 18.4 Å². The van der Waals surface area contributed by atoms with Crippen molar-refractivity contribution in [2.24, 2.45) is 0 Å². The lowest BCUT2D eigenvalue weighted by Gasteiger charge is -2.06. The zero-order valence-electron chi connectivity index (χ0n) is 15.3. The Morgan fingerprint density at radius 1 is 1.14 bits per heavy atom. The summed E-state index contributed by atoms with van der Waals surface area (Å²) in [6, 6.07) is 12.7. The molecule has 0 unspecified atom stereocenters. The lowest BCUT2D eigenvalue weighted by Crippen LogP contribution is -2.25. The maximum Gasteiger partial charge on any atom is 0.263 e. The number of benzene rings is 2. The van der Waals surface area contributed by atoms with Gasteiger partial charge in [0.1, 0.15) is 10.8 Å². The molecule has 0 spiro atoms. The van der Waals surface area contributed by atoms with E-state index in [1.54, 1.807) is 36.4 Å². The second kappa shape index (κ2) is 9.21. The lowest BCUT2D eigenvalue weighted by molar-refractivity contribution is 0.0954. The van der Waals surface area contributed by atoms with Gasteiger partial charge in [-0.3, -0.25) is 9.52 Å². The van der Waals surface area contributed by atoms with Crippen molar-refractivity contribution in [3.05, 3.63) is 64.1 Å². The number of carbonyl (C=O) groups excluding carboxylic acids is 1. The van der Waals surface area contributed by atoms with Crippen LogP contribution in [0.2, 0.25) is 5.02 Å². The van der Waals surface area contributed by atoms with E-state index in [0.29, 0.717) is 34.3 Å². The molecule has 2 aromatic carbocycles. The SMILES string of the molecule is COc1ccc(S(=O)(=O)Nc2nnc(CCNC(=O)c3ccccc3Cl)s2)cc1. The number of halogens is 1. The van der Waals surface area contributed by atoms with Gasteiger partial charge in [-0.25, -0.2) is 8.42 Å². The maximum absolute atomic E-state index is 12.4. The number of amides is 1. The van der Waals surface area contributed by atoms with E-state index in [-0.39, 0.29) is 15.9 Å². The van der Waals surface area contributed by atoms with Crippen molar-refractivity contribution in [1.82, 2.24) is 15.5 Å². The number of ether oxygens (including phenoxy) is 1. The van der Waals surface area contributed by atoms with E-state index in [1.165, 1.54) is 19.2 Å². The van der Waals surface area contributed by atoms with Gasteiger partial charge in [0, 0.05) is 13.0 Å². The highest BCUT2D eigenvalue weighted by Gasteiger charge is 2.17. The molecule has 1 aromatic heterocycles. The van der Waals surface area contributed by atoms with E-state index in [0.717, 1.165) is 11.3 Å². The van der Waals surface area contributed by atoms with E-state index in [4.69, 9.17) is 16.3 Å². The first-order chi connectivity index (χ1) is 13.9. The molecule has 3 aromatic rings. The second-order valence-electron chi connectivity index (χ2n) is 5.77. The van der Waals surface area contributed by atoms with Gasteiger partial charge < -0.3 is 10.1 Å². The predicted molar refractivity (Wildman–Crippen MR) is 111 cm³/mol. The first-order valence-corrected chi connectivity index (χ1v) is 11.1. The van der Waals surface area contributed by atoms with Crippen molar-refractivity contribution < 1.29 is 17.9 Å². The molecule has 0 radical (unpaired) electrons. The van der Waals surface area contributed by atoms with Crippen molar-refractivity contribution in [2.45, 2.75) is 11.3 Å². The Hall–Kier alpha value is -2.69. The van der Waals surface area contributed by atoms with Gasteiger partial charge in [-0.05, 0) is 36.4 Å². The van der Waals surface area contributed by atoms with Crippen LogP contribution in [0, 0.1) is 0 Å². The Bertz CT molecular complexity index is 1100. The molecule has 0 bridgehead atoms. The van der Waals surface area contributed by atoms with Crippen molar-refractivity contribution in [3.63, 3.8) is 0 Å². The molecule has 1 heterocycles. The van der Waals surface area contributed by atoms with E-state index >= 15 is 0 Å². The average molecular weight is 453 g/mol. The molecule has 2 N–H and O–H groups in total. The molecule has 0 atom stereocenters. The van der Waals surface area contributed by atoms with Crippen molar-refractivity contribution in [3.8, 4) is 5.75 Å². The van der Waals surface area contributed by atoms with Crippen LogP contribution >= 0.6 is 22.9 Å². The summed E-state index contributed by atoms with van der Waals surface area (Å²) in [4.78, 5) is 12.2. The van der Waals surface area contributed by atoms with Gasteiger partial charge in [0.2, 0.25) is 5.13 Å². The largest absolute Gasteiger partial charge is 0.497 e. The predicted octanol–water partition coefficient (Wildman–Crippen LogP) is 2.97. The Morgan fingerprint density at radius 3 is 2.55 bits per heavy atom. The Labute approximate surface area is 176 Å². The van der Waals surface area contributed by atoms with Crippen LogP contribution < -0.4 is 14.8 Å². The molecular weight excluding hydrogens is 436 g/mol. The number of nitrogens with one attached hydrogen (secondary N) is 2. The van der Waals surface area contributed by atoms with Crippen LogP contribution in [-0.4, -0.2) is 38.2 Å². The topological polar surface area (TPSA) is 110 Å². The van der Waals surface area contributed by atoms with Crippen LogP contribution in [0.25, 0.3) is 0 Å². The fourth-order valence-corrected chi connectivity index (χ4v) is 4.54. The Balaban J connectivity index is 1.56. The number of methoxy groups -OCH3 is 1. The van der Waals surface area contributed by atoms with E-state index in [2.05, 4.69) is 20.2 Å². The highest BCUT2D eigenvalue weighted by molar-refractivity contribution is 7.93. The van der Waals surface area contributed by atoms with Crippen LogP contribution in [0.3, 0.4) is 0 Å². The monoisotopic (exact) mass is 452 g/mol. The molecule has 0 aliphatic rings. The molecule has 152 valence electrons. The minimum atomic E-state index is -3.78. The maximum atomic E-state index is 12.4. The van der Waals surface area contributed by atoms with Gasteiger partial charge in [0.05, 0.1) is 22.6 Å². The molecule has 0 saturated carbocycles. The van der Waals surface area contributed by atoms with Gasteiger partial charge in [-0.2, -0.15) is 0 Å². The van der Waals surface area contributed by atoms with Gasteiger partial charge in [0.15, 0.2) is 0 Å². The number of hydrogen-bond acceptors (Lipinski definition) is 7. The zero-order chi connectivity index (χ0) is 20.9. The quantitative estimate of drug-likeness (QED) is 0.543. The summed E-state index contributed by atoms with van der Waals surface area (Å²) in [5.41, 5.74) is 0.388. The number of aromatic nitrogens is 2. The molecule has 0 fully saturated rings. The third kappa shape index (κ3) is 5.43. The summed E-state index contributed by atoms with van der Waals surface area (Å²) in [5, 5.41) is 11.6. The van der Waals surface area contributed by atoms with Gasteiger partial charge in [-0.1, -0.05) is 35.1 Å². The third-order valence-corrected chi connectivity index (χ3v) is 6.51. The molecule has 0 saturated heterocycles. The highest BCUT2D eigenvalue weighted by atomic mass is 35.5. The van der Waals surface area contributed by atoms with E-state index < -0.39 is 10.0 Å². The van der Waals surface area contributed by atoms with Crippen LogP contribution in [0.1, 0.15) is 15.4 Å². The summed E-state index contributed by atoms with van der Waals surface area (Å²) in [5.74, 6) is 0.265. The molecule has 1 amide bonds. The fraction of sp³-hybridized carbons (Fsp3) is 0.167. The summed E-state index contributed by atoms with van der Waals surface area (Å²) in [7, 11) is -2.28. The lowest BCUT2D eigenvalue weighted by atomic mass is 10.2. The number of carbonyl (C=O) groups is 1. The number of nitrogens with zero attached hydrogens (tertiary/aromatic N) is 2. The first kappa shape index (κ1) is 21.0. The minimum Gasteiger partial charge on any atom is -0.497 e. The highest BCUT2D eigenvalue weighted by Crippen LogP contribution is 2.22. The second-order valence-corrected chi connectivity index (χ2v) is 8.92. The number of sulfonamides is 1. The fourth-order valence-electron chi connectivity index (χ4n) is 2.35. The van der Waals surface area contributed by atoms with E-state index in [9.17, 15) is 13.2 Å². The number of rotatable bonds is 8. The molecule has 29 heavy (non-hydrogen) atoms. The first-order valence-electron chi connectivity index (χ1n) is 8.41. The standard InChI is InChI=1S/C18H17ClN4O4S2/c1-27-12-6-8-13(9-7-12)29(25,26)23-18-22-21-16(28-18)10-11-20-17(24)14-4-2-3-5-15(14)19/h2-9H,10-11H2,1H3,(H,20,24)(H,22,23). The summed E-state index contributed by atoms with van der Waals surface area (Å²) >= 11 is 7.09. The van der Waals surface area contributed by atoms with Crippen molar-refractivity contribution >= 4 is 44.0 Å². The van der Waals surface area contributed by atoms with Crippen LogP contribution in [0.5, 0.6) is 5.75 Å². The van der Waals surface area contributed by atoms with Gasteiger partial charge in [-0.15, -0.1) is 10.2 Å². The molecule has 8 nitrogen and oxygen atoms in total. The minimum absolute atomic E-state index is 0.0852. The van der Waals surface area contributed by atoms with Crippen LogP contribution in [-0.2, 0) is 16.4 Å². The van der Waals surface area contributed by atoms with Crippen molar-refractivity contribution in [1.29, 1.82) is 0 Å². The third-order valence-electron chi connectivity index (χ3n) is 3.80. The molecule has 0 aliphatic heterocycles. The van der Waals surface area contributed by atoms with E-state index in [1.807, 2.05) is 0 Å². The molecule has 3 rings (SSSR count). The normalized spacial score (nSPS) is 11.1.